The van der Waals surface area contributed by atoms with Gasteiger partial charge in [0.05, 0.1) is 17.0 Å². The van der Waals surface area contributed by atoms with E-state index in [1.807, 2.05) is 13.0 Å². The number of rotatable bonds is 2. The SMILES string of the molecule is Cc1ccc2oc3c(c(=O)c2c1)C(c1cccc(O)c1)N(c1cccc(Cl)c1)C3=O. The number of aromatic hydroxyl groups is 1. The molecule has 1 aromatic heterocycles. The van der Waals surface area contributed by atoms with Gasteiger partial charge >= 0.3 is 0 Å². The lowest BCUT2D eigenvalue weighted by Gasteiger charge is -2.25. The van der Waals surface area contributed by atoms with Crippen LogP contribution in [0.4, 0.5) is 5.69 Å². The predicted octanol–water partition coefficient (Wildman–Crippen LogP) is 5.21. The fourth-order valence-corrected chi connectivity index (χ4v) is 4.17. The maximum absolute atomic E-state index is 13.5. The molecule has 1 aliphatic rings. The fraction of sp³-hybridized carbons (Fsp3) is 0.0833. The second-order valence-corrected chi connectivity index (χ2v) is 7.76. The first-order chi connectivity index (χ1) is 14.4. The first-order valence-electron chi connectivity index (χ1n) is 9.39. The molecule has 148 valence electrons. The number of nitrogens with zero attached hydrogens (tertiary/aromatic N) is 1. The number of phenolic OH excluding ortho intramolecular Hbond substituents is 1. The predicted molar refractivity (Wildman–Crippen MR) is 115 cm³/mol. The molecule has 0 saturated heterocycles. The maximum Gasteiger partial charge on any atom is 0.295 e. The summed E-state index contributed by atoms with van der Waals surface area (Å²) in [6.07, 6.45) is 0. The average molecular weight is 418 g/mol. The van der Waals surface area contributed by atoms with E-state index in [2.05, 4.69) is 0 Å². The van der Waals surface area contributed by atoms with Crippen LogP contribution in [-0.4, -0.2) is 11.0 Å². The molecule has 4 aromatic rings. The molecule has 0 fully saturated rings. The van der Waals surface area contributed by atoms with Crippen molar-refractivity contribution in [2.45, 2.75) is 13.0 Å². The minimum absolute atomic E-state index is 0.00433. The van der Waals surface area contributed by atoms with Gasteiger partial charge < -0.3 is 9.52 Å². The molecule has 5 nitrogen and oxygen atoms in total. The number of amides is 1. The Morgan fingerprint density at radius 3 is 2.57 bits per heavy atom. The highest BCUT2D eigenvalue weighted by Crippen LogP contribution is 2.42. The van der Waals surface area contributed by atoms with Gasteiger partial charge in [-0.1, -0.05) is 41.4 Å². The van der Waals surface area contributed by atoms with Crippen molar-refractivity contribution in [1.82, 2.24) is 0 Å². The number of carbonyl (C=O) groups is 1. The summed E-state index contributed by atoms with van der Waals surface area (Å²) in [6.45, 7) is 1.89. The zero-order valence-electron chi connectivity index (χ0n) is 15.9. The molecule has 0 spiro atoms. The zero-order chi connectivity index (χ0) is 21.0. The van der Waals surface area contributed by atoms with Crippen molar-refractivity contribution < 1.29 is 14.3 Å². The lowest BCUT2D eigenvalue weighted by molar-refractivity contribution is 0.0971. The quantitative estimate of drug-likeness (QED) is 0.486. The summed E-state index contributed by atoms with van der Waals surface area (Å²) in [5, 5.41) is 10.9. The molecule has 0 aliphatic carbocycles. The third-order valence-electron chi connectivity index (χ3n) is 5.30. The molecule has 1 amide bonds. The summed E-state index contributed by atoms with van der Waals surface area (Å²) < 4.78 is 5.93. The van der Waals surface area contributed by atoms with Crippen molar-refractivity contribution in [2.24, 2.45) is 0 Å². The number of phenols is 1. The van der Waals surface area contributed by atoms with E-state index in [1.54, 1.807) is 54.6 Å². The van der Waals surface area contributed by atoms with Gasteiger partial charge in [-0.25, -0.2) is 0 Å². The molecule has 1 atom stereocenters. The molecule has 5 rings (SSSR count). The number of anilines is 1. The Morgan fingerprint density at radius 1 is 1.00 bits per heavy atom. The van der Waals surface area contributed by atoms with Crippen LogP contribution in [0.15, 0.2) is 75.9 Å². The summed E-state index contributed by atoms with van der Waals surface area (Å²) in [5.74, 6) is -0.384. The highest BCUT2D eigenvalue weighted by atomic mass is 35.5. The molecule has 1 N–H and O–H groups in total. The Kier molecular flexibility index (Phi) is 4.15. The van der Waals surface area contributed by atoms with Gasteiger partial charge in [-0.3, -0.25) is 14.5 Å². The van der Waals surface area contributed by atoms with Gasteiger partial charge in [0.2, 0.25) is 5.76 Å². The van der Waals surface area contributed by atoms with Gasteiger partial charge in [-0.2, -0.15) is 0 Å². The zero-order valence-corrected chi connectivity index (χ0v) is 16.7. The molecule has 1 unspecified atom stereocenters. The van der Waals surface area contributed by atoms with Gasteiger partial charge in [0.15, 0.2) is 5.43 Å². The second-order valence-electron chi connectivity index (χ2n) is 7.33. The molecule has 0 radical (unpaired) electrons. The van der Waals surface area contributed by atoms with Crippen LogP contribution in [0.3, 0.4) is 0 Å². The first-order valence-corrected chi connectivity index (χ1v) is 9.77. The number of hydrogen-bond acceptors (Lipinski definition) is 4. The van der Waals surface area contributed by atoms with E-state index in [4.69, 9.17) is 16.0 Å². The summed E-state index contributed by atoms with van der Waals surface area (Å²) >= 11 is 6.17. The van der Waals surface area contributed by atoms with Crippen LogP contribution in [-0.2, 0) is 0 Å². The normalized spacial score (nSPS) is 15.6. The van der Waals surface area contributed by atoms with Crippen molar-refractivity contribution in [3.8, 4) is 5.75 Å². The lowest BCUT2D eigenvalue weighted by atomic mass is 9.97. The van der Waals surface area contributed by atoms with Crippen LogP contribution in [0.1, 0.15) is 33.3 Å². The second kappa shape index (κ2) is 6.75. The van der Waals surface area contributed by atoms with Gasteiger partial charge in [0.25, 0.3) is 5.91 Å². The third-order valence-corrected chi connectivity index (χ3v) is 5.53. The van der Waals surface area contributed by atoms with Crippen LogP contribution in [0.2, 0.25) is 5.02 Å². The topological polar surface area (TPSA) is 70.8 Å². The van der Waals surface area contributed by atoms with Crippen LogP contribution < -0.4 is 10.3 Å². The fourth-order valence-electron chi connectivity index (χ4n) is 3.99. The minimum Gasteiger partial charge on any atom is -0.508 e. The monoisotopic (exact) mass is 417 g/mol. The van der Waals surface area contributed by atoms with Crippen molar-refractivity contribution in [2.75, 3.05) is 4.90 Å². The number of aryl methyl sites for hydroxylation is 1. The standard InChI is InChI=1S/C24H16ClNO4/c1-13-8-9-19-18(10-13)22(28)20-21(14-4-2-7-17(27)11-14)26(24(29)23(20)30-19)16-6-3-5-15(25)12-16/h2-12,21,27H,1H3. The highest BCUT2D eigenvalue weighted by molar-refractivity contribution is 6.31. The summed E-state index contributed by atoms with van der Waals surface area (Å²) in [6, 6.07) is 17.9. The Bertz CT molecular complexity index is 1390. The van der Waals surface area contributed by atoms with E-state index in [0.29, 0.717) is 27.2 Å². The molecule has 3 aromatic carbocycles. The number of benzene rings is 3. The molecule has 6 heteroatoms. The van der Waals surface area contributed by atoms with E-state index in [1.165, 1.54) is 11.0 Å². The van der Waals surface area contributed by atoms with E-state index in [-0.39, 0.29) is 22.5 Å². The van der Waals surface area contributed by atoms with Crippen LogP contribution in [0, 0.1) is 6.92 Å². The van der Waals surface area contributed by atoms with Crippen molar-refractivity contribution in [3.05, 3.63) is 104 Å². The summed E-state index contributed by atoms with van der Waals surface area (Å²) in [4.78, 5) is 28.4. The molecule has 2 heterocycles. The van der Waals surface area contributed by atoms with Crippen LogP contribution in [0.25, 0.3) is 11.0 Å². The van der Waals surface area contributed by atoms with Gasteiger partial charge in [0, 0.05) is 10.7 Å². The minimum atomic E-state index is -0.751. The molecule has 0 saturated carbocycles. The molecular weight excluding hydrogens is 402 g/mol. The Morgan fingerprint density at radius 2 is 1.80 bits per heavy atom. The Balaban J connectivity index is 1.84. The van der Waals surface area contributed by atoms with E-state index < -0.39 is 11.9 Å². The van der Waals surface area contributed by atoms with Crippen molar-refractivity contribution >= 4 is 34.2 Å². The van der Waals surface area contributed by atoms with Gasteiger partial charge in [-0.05, 0) is 55.0 Å². The molecule has 0 bridgehead atoms. The van der Waals surface area contributed by atoms with Crippen LogP contribution >= 0.6 is 11.6 Å². The van der Waals surface area contributed by atoms with E-state index in [0.717, 1.165) is 5.56 Å². The number of carbonyl (C=O) groups excluding carboxylic acids is 1. The van der Waals surface area contributed by atoms with Crippen molar-refractivity contribution in [3.63, 3.8) is 0 Å². The smallest absolute Gasteiger partial charge is 0.295 e. The maximum atomic E-state index is 13.5. The van der Waals surface area contributed by atoms with Crippen LogP contribution in [0.5, 0.6) is 5.75 Å². The van der Waals surface area contributed by atoms with Crippen molar-refractivity contribution in [1.29, 1.82) is 0 Å². The Labute approximate surface area is 176 Å². The Hall–Kier alpha value is -3.57. The largest absolute Gasteiger partial charge is 0.508 e. The number of halogens is 1. The van der Waals surface area contributed by atoms with Gasteiger partial charge in [-0.15, -0.1) is 0 Å². The first kappa shape index (κ1) is 18.5. The van der Waals surface area contributed by atoms with E-state index >= 15 is 0 Å². The number of hydrogen-bond donors (Lipinski definition) is 1. The number of fused-ring (bicyclic) bond motifs is 2. The average Bonchev–Trinajstić information content (AvgIpc) is 3.01. The lowest BCUT2D eigenvalue weighted by Crippen LogP contribution is -2.29. The third kappa shape index (κ3) is 2.78. The molecular formula is C24H16ClNO4. The highest BCUT2D eigenvalue weighted by Gasteiger charge is 2.43. The molecule has 30 heavy (non-hydrogen) atoms. The van der Waals surface area contributed by atoms with Gasteiger partial charge in [0.1, 0.15) is 11.3 Å². The molecule has 1 aliphatic heterocycles. The van der Waals surface area contributed by atoms with E-state index in [9.17, 15) is 14.7 Å². The summed E-state index contributed by atoms with van der Waals surface area (Å²) in [5.41, 5.74) is 2.40. The summed E-state index contributed by atoms with van der Waals surface area (Å²) in [7, 11) is 0.